The molecule has 0 aliphatic carbocycles. The van der Waals surface area contributed by atoms with Crippen LogP contribution in [0.3, 0.4) is 0 Å². The number of rotatable bonds is 6. The fourth-order valence-corrected chi connectivity index (χ4v) is 2.27. The van der Waals surface area contributed by atoms with Gasteiger partial charge in [-0.25, -0.2) is 4.79 Å². The van der Waals surface area contributed by atoms with E-state index in [2.05, 4.69) is 5.32 Å². The van der Waals surface area contributed by atoms with Gasteiger partial charge in [0.1, 0.15) is 0 Å². The lowest BCUT2D eigenvalue weighted by atomic mass is 10.1. The average molecular weight is 319 g/mol. The predicted molar refractivity (Wildman–Crippen MR) is 82.5 cm³/mol. The quantitative estimate of drug-likeness (QED) is 0.847. The molecule has 0 saturated carbocycles. The zero-order chi connectivity index (χ0) is 15.1. The van der Waals surface area contributed by atoms with Crippen molar-refractivity contribution in [2.45, 2.75) is 25.9 Å². The van der Waals surface area contributed by atoms with Gasteiger partial charge in [-0.05, 0) is 37.5 Å². The van der Waals surface area contributed by atoms with E-state index in [1.54, 1.807) is 37.1 Å². The SMILES string of the molecule is CC(O)CCN(C)C(=O)NCCc1c(Cl)cccc1Cl. The summed E-state index contributed by atoms with van der Waals surface area (Å²) in [6.45, 7) is 2.67. The van der Waals surface area contributed by atoms with Crippen LogP contribution in [0, 0.1) is 0 Å². The molecule has 1 aromatic rings. The second-order valence-corrected chi connectivity index (χ2v) is 5.56. The first-order valence-electron chi connectivity index (χ1n) is 6.51. The Morgan fingerprint density at radius 3 is 2.55 bits per heavy atom. The Bertz CT molecular complexity index is 433. The van der Waals surface area contributed by atoms with Gasteiger partial charge >= 0.3 is 6.03 Å². The molecule has 0 spiro atoms. The highest BCUT2D eigenvalue weighted by Gasteiger charge is 2.10. The number of benzene rings is 1. The van der Waals surface area contributed by atoms with Crippen LogP contribution in [0.4, 0.5) is 4.79 Å². The number of nitrogens with zero attached hydrogens (tertiary/aromatic N) is 1. The number of hydrogen-bond donors (Lipinski definition) is 2. The van der Waals surface area contributed by atoms with Crippen molar-refractivity contribution < 1.29 is 9.90 Å². The van der Waals surface area contributed by atoms with Crippen LogP contribution in [0.5, 0.6) is 0 Å². The lowest BCUT2D eigenvalue weighted by Gasteiger charge is -2.18. The number of carbonyl (C=O) groups is 1. The van der Waals surface area contributed by atoms with Gasteiger partial charge in [0.2, 0.25) is 0 Å². The minimum absolute atomic E-state index is 0.172. The molecule has 0 radical (unpaired) electrons. The number of aliphatic hydroxyl groups excluding tert-OH is 1. The van der Waals surface area contributed by atoms with E-state index in [1.165, 1.54) is 0 Å². The van der Waals surface area contributed by atoms with Crippen molar-refractivity contribution in [3.63, 3.8) is 0 Å². The van der Waals surface area contributed by atoms with Crippen molar-refractivity contribution in [1.82, 2.24) is 10.2 Å². The molecule has 0 aromatic heterocycles. The Morgan fingerprint density at radius 2 is 2.00 bits per heavy atom. The summed E-state index contributed by atoms with van der Waals surface area (Å²) >= 11 is 12.1. The summed E-state index contributed by atoms with van der Waals surface area (Å²) in [5.41, 5.74) is 0.836. The smallest absolute Gasteiger partial charge is 0.317 e. The van der Waals surface area contributed by atoms with Crippen LogP contribution in [0.15, 0.2) is 18.2 Å². The molecule has 1 atom stereocenters. The van der Waals surface area contributed by atoms with E-state index in [9.17, 15) is 9.90 Å². The minimum Gasteiger partial charge on any atom is -0.393 e. The van der Waals surface area contributed by atoms with Gasteiger partial charge in [-0.3, -0.25) is 0 Å². The second kappa shape index (κ2) is 8.35. The van der Waals surface area contributed by atoms with Crippen molar-refractivity contribution in [2.75, 3.05) is 20.1 Å². The molecular weight excluding hydrogens is 299 g/mol. The van der Waals surface area contributed by atoms with E-state index >= 15 is 0 Å². The van der Waals surface area contributed by atoms with Crippen molar-refractivity contribution in [2.24, 2.45) is 0 Å². The van der Waals surface area contributed by atoms with Gasteiger partial charge in [0.05, 0.1) is 6.10 Å². The molecule has 0 heterocycles. The molecule has 20 heavy (non-hydrogen) atoms. The van der Waals surface area contributed by atoms with Crippen LogP contribution in [0.1, 0.15) is 18.9 Å². The molecule has 0 saturated heterocycles. The second-order valence-electron chi connectivity index (χ2n) is 4.74. The molecule has 0 bridgehead atoms. The fourth-order valence-electron chi connectivity index (χ4n) is 1.68. The van der Waals surface area contributed by atoms with Crippen LogP contribution in [0.25, 0.3) is 0 Å². The first-order valence-corrected chi connectivity index (χ1v) is 7.27. The van der Waals surface area contributed by atoms with Gasteiger partial charge in [0, 0.05) is 30.2 Å². The first kappa shape index (κ1) is 17.1. The summed E-state index contributed by atoms with van der Waals surface area (Å²) in [5.74, 6) is 0. The van der Waals surface area contributed by atoms with E-state index in [1.807, 2.05) is 0 Å². The van der Waals surface area contributed by atoms with Crippen molar-refractivity contribution in [1.29, 1.82) is 0 Å². The van der Waals surface area contributed by atoms with Crippen molar-refractivity contribution in [3.05, 3.63) is 33.8 Å². The Balaban J connectivity index is 2.38. The third-order valence-corrected chi connectivity index (χ3v) is 3.65. The Kier molecular flexibility index (Phi) is 7.13. The number of aliphatic hydroxyl groups is 1. The van der Waals surface area contributed by atoms with Gasteiger partial charge in [0.25, 0.3) is 0 Å². The molecular formula is C14H20Cl2N2O2. The van der Waals surface area contributed by atoms with E-state index in [0.717, 1.165) is 5.56 Å². The number of halogens is 2. The van der Waals surface area contributed by atoms with E-state index in [4.69, 9.17) is 23.2 Å². The number of hydrogen-bond acceptors (Lipinski definition) is 2. The largest absolute Gasteiger partial charge is 0.393 e. The summed E-state index contributed by atoms with van der Waals surface area (Å²) in [7, 11) is 1.69. The molecule has 0 fully saturated rings. The lowest BCUT2D eigenvalue weighted by molar-refractivity contribution is 0.163. The van der Waals surface area contributed by atoms with Gasteiger partial charge in [0.15, 0.2) is 0 Å². The Labute approximate surface area is 129 Å². The molecule has 1 unspecified atom stereocenters. The molecule has 6 heteroatoms. The van der Waals surface area contributed by atoms with Gasteiger partial charge in [-0.2, -0.15) is 0 Å². The summed E-state index contributed by atoms with van der Waals surface area (Å²) in [6, 6.07) is 5.17. The Morgan fingerprint density at radius 1 is 1.40 bits per heavy atom. The van der Waals surface area contributed by atoms with Crippen LogP contribution >= 0.6 is 23.2 Å². The van der Waals surface area contributed by atoms with Crippen LogP contribution in [0.2, 0.25) is 10.0 Å². The predicted octanol–water partition coefficient (Wildman–Crippen LogP) is 2.95. The average Bonchev–Trinajstić information content (AvgIpc) is 2.39. The van der Waals surface area contributed by atoms with Crippen LogP contribution in [-0.2, 0) is 6.42 Å². The Hall–Kier alpha value is -0.970. The summed E-state index contributed by atoms with van der Waals surface area (Å²) in [4.78, 5) is 13.3. The molecule has 2 N–H and O–H groups in total. The highest BCUT2D eigenvalue weighted by atomic mass is 35.5. The zero-order valence-corrected chi connectivity index (χ0v) is 13.2. The molecule has 0 aliphatic heterocycles. The maximum Gasteiger partial charge on any atom is 0.317 e. The number of carbonyl (C=O) groups excluding carboxylic acids is 1. The third kappa shape index (κ3) is 5.57. The van der Waals surface area contributed by atoms with Gasteiger partial charge in [-0.15, -0.1) is 0 Å². The fraction of sp³-hybridized carbons (Fsp3) is 0.500. The van der Waals surface area contributed by atoms with Gasteiger partial charge in [-0.1, -0.05) is 29.3 Å². The lowest BCUT2D eigenvalue weighted by Crippen LogP contribution is -2.39. The molecule has 112 valence electrons. The van der Waals surface area contributed by atoms with Crippen molar-refractivity contribution >= 4 is 29.2 Å². The molecule has 1 rings (SSSR count). The van der Waals surface area contributed by atoms with E-state index in [-0.39, 0.29) is 6.03 Å². The highest BCUT2D eigenvalue weighted by molar-refractivity contribution is 6.35. The normalized spacial score (nSPS) is 12.1. The summed E-state index contributed by atoms with van der Waals surface area (Å²) in [6.07, 6.45) is 0.724. The standard InChI is InChI=1S/C14H20Cl2N2O2/c1-10(19)7-9-18(2)14(20)17-8-6-11-12(15)4-3-5-13(11)16/h3-5,10,19H,6-9H2,1-2H3,(H,17,20). The molecule has 1 aromatic carbocycles. The minimum atomic E-state index is -0.410. The maximum atomic E-state index is 11.8. The summed E-state index contributed by atoms with van der Waals surface area (Å²) in [5, 5.41) is 13.2. The van der Waals surface area contributed by atoms with Gasteiger partial charge < -0.3 is 15.3 Å². The number of nitrogens with one attached hydrogen (secondary N) is 1. The van der Waals surface area contributed by atoms with Crippen LogP contribution < -0.4 is 5.32 Å². The topological polar surface area (TPSA) is 52.6 Å². The number of amides is 2. The van der Waals surface area contributed by atoms with Crippen molar-refractivity contribution in [3.8, 4) is 0 Å². The highest BCUT2D eigenvalue weighted by Crippen LogP contribution is 2.24. The molecule has 4 nitrogen and oxygen atoms in total. The number of urea groups is 1. The van der Waals surface area contributed by atoms with Crippen LogP contribution in [-0.4, -0.2) is 42.3 Å². The first-order chi connectivity index (χ1) is 9.41. The molecule has 0 aliphatic rings. The summed E-state index contributed by atoms with van der Waals surface area (Å²) < 4.78 is 0. The monoisotopic (exact) mass is 318 g/mol. The van der Waals surface area contributed by atoms with E-state index < -0.39 is 6.10 Å². The zero-order valence-electron chi connectivity index (χ0n) is 11.7. The third-order valence-electron chi connectivity index (χ3n) is 2.94. The maximum absolute atomic E-state index is 11.8. The molecule has 2 amide bonds. The van der Waals surface area contributed by atoms with E-state index in [0.29, 0.717) is 36.0 Å².